The first kappa shape index (κ1) is 14.3. The number of quaternary nitrogens is 1. The number of para-hydroxylation sites is 1. The van der Waals surface area contributed by atoms with E-state index in [9.17, 15) is 9.59 Å². The molecule has 1 N–H and O–H groups in total. The number of nitrogens with zero attached hydrogens (tertiary/aromatic N) is 1. The number of rotatable bonds is 2. The first-order valence-corrected chi connectivity index (χ1v) is 7.82. The van der Waals surface area contributed by atoms with Gasteiger partial charge in [0.2, 0.25) is 5.91 Å². The number of benzene rings is 1. The fraction of sp³-hybridized carbons (Fsp3) is 0.529. The van der Waals surface area contributed by atoms with Crippen LogP contribution < -0.4 is 9.80 Å². The van der Waals surface area contributed by atoms with Crippen molar-refractivity contribution in [2.75, 3.05) is 18.0 Å². The van der Waals surface area contributed by atoms with E-state index in [1.807, 2.05) is 30.3 Å². The van der Waals surface area contributed by atoms with Gasteiger partial charge in [-0.05, 0) is 18.6 Å². The van der Waals surface area contributed by atoms with Gasteiger partial charge in [-0.3, -0.25) is 9.59 Å². The van der Waals surface area contributed by atoms with Crippen molar-refractivity contribution in [2.45, 2.75) is 32.7 Å². The number of hydrogen-bond donors (Lipinski definition) is 1. The van der Waals surface area contributed by atoms with Gasteiger partial charge in [-0.15, -0.1) is 0 Å². The number of piperidine rings is 1. The van der Waals surface area contributed by atoms with Crippen LogP contribution in [0, 0.1) is 11.8 Å². The Kier molecular flexibility index (Phi) is 3.81. The van der Waals surface area contributed by atoms with Crippen molar-refractivity contribution in [3.8, 4) is 0 Å². The van der Waals surface area contributed by atoms with Crippen LogP contribution >= 0.6 is 0 Å². The minimum absolute atomic E-state index is 0.0255. The Hall–Kier alpha value is -1.68. The topological polar surface area (TPSA) is 41.8 Å². The summed E-state index contributed by atoms with van der Waals surface area (Å²) in [6.45, 7) is 6.48. The Bertz CT molecular complexity index is 533. The summed E-state index contributed by atoms with van der Waals surface area (Å²) in [6, 6.07) is 9.08. The maximum Gasteiger partial charge on any atom is 0.292 e. The summed E-state index contributed by atoms with van der Waals surface area (Å²) < 4.78 is 0. The third-order valence-electron chi connectivity index (χ3n) is 4.68. The van der Waals surface area contributed by atoms with Crippen LogP contribution in [0.4, 0.5) is 5.69 Å². The van der Waals surface area contributed by atoms with E-state index in [2.05, 4.69) is 13.8 Å². The van der Waals surface area contributed by atoms with Gasteiger partial charge in [0, 0.05) is 11.8 Å². The lowest BCUT2D eigenvalue weighted by Gasteiger charge is -2.34. The Morgan fingerprint density at radius 3 is 2.29 bits per heavy atom. The number of likely N-dealkylation sites (tertiary alicyclic amines) is 1. The summed E-state index contributed by atoms with van der Waals surface area (Å²) in [6.07, 6.45) is 1.57. The van der Waals surface area contributed by atoms with E-state index >= 15 is 0 Å². The van der Waals surface area contributed by atoms with Gasteiger partial charge in [0.1, 0.15) is 0 Å². The van der Waals surface area contributed by atoms with Crippen LogP contribution in [-0.4, -0.2) is 30.9 Å². The van der Waals surface area contributed by atoms with E-state index in [0.29, 0.717) is 23.9 Å². The predicted octanol–water partition coefficient (Wildman–Crippen LogP) is 0.879. The molecule has 4 atom stereocenters. The summed E-state index contributed by atoms with van der Waals surface area (Å²) >= 11 is 0. The van der Waals surface area contributed by atoms with Gasteiger partial charge in [-0.25, -0.2) is 4.90 Å². The number of carbonyl (C=O) groups is 2. The van der Waals surface area contributed by atoms with Crippen molar-refractivity contribution >= 4 is 17.5 Å². The SMILES string of the molecule is C[C@@H]1C[C@H](C)C[NH+]([C@@H]2CC(=O)N(c3ccccc3)C2=O)C1. The van der Waals surface area contributed by atoms with Crippen LogP contribution in [0.1, 0.15) is 26.7 Å². The number of amides is 2. The average molecular weight is 287 g/mol. The highest BCUT2D eigenvalue weighted by Crippen LogP contribution is 2.22. The van der Waals surface area contributed by atoms with Gasteiger partial charge in [-0.2, -0.15) is 0 Å². The first-order valence-electron chi connectivity index (χ1n) is 7.82. The Labute approximate surface area is 125 Å². The highest BCUT2D eigenvalue weighted by atomic mass is 16.2. The summed E-state index contributed by atoms with van der Waals surface area (Å²) in [7, 11) is 0. The Morgan fingerprint density at radius 1 is 1.05 bits per heavy atom. The third kappa shape index (κ3) is 2.72. The maximum atomic E-state index is 12.7. The highest BCUT2D eigenvalue weighted by Gasteiger charge is 2.47. The molecule has 0 radical (unpaired) electrons. The largest absolute Gasteiger partial charge is 0.324 e. The van der Waals surface area contributed by atoms with Gasteiger partial charge in [0.05, 0.1) is 25.2 Å². The molecule has 0 saturated carbocycles. The van der Waals surface area contributed by atoms with Gasteiger partial charge in [0.25, 0.3) is 5.91 Å². The summed E-state index contributed by atoms with van der Waals surface area (Å²) in [5.74, 6) is 1.16. The van der Waals surface area contributed by atoms with E-state index in [4.69, 9.17) is 0 Å². The van der Waals surface area contributed by atoms with E-state index in [1.54, 1.807) is 0 Å². The van der Waals surface area contributed by atoms with Gasteiger partial charge in [0.15, 0.2) is 6.04 Å². The summed E-state index contributed by atoms with van der Waals surface area (Å²) in [5.41, 5.74) is 0.701. The van der Waals surface area contributed by atoms with Crippen molar-refractivity contribution < 1.29 is 14.5 Å². The van der Waals surface area contributed by atoms with Gasteiger partial charge in [-0.1, -0.05) is 32.0 Å². The first-order chi connectivity index (χ1) is 10.1. The predicted molar refractivity (Wildman–Crippen MR) is 81.0 cm³/mol. The number of imide groups is 1. The zero-order valence-corrected chi connectivity index (χ0v) is 12.7. The van der Waals surface area contributed by atoms with E-state index in [1.165, 1.54) is 16.2 Å². The lowest BCUT2D eigenvalue weighted by molar-refractivity contribution is -0.926. The summed E-state index contributed by atoms with van der Waals surface area (Å²) in [5, 5.41) is 0. The highest BCUT2D eigenvalue weighted by molar-refractivity contribution is 6.21. The minimum Gasteiger partial charge on any atom is -0.324 e. The molecule has 2 heterocycles. The maximum absolute atomic E-state index is 12.7. The molecule has 2 saturated heterocycles. The molecule has 2 amide bonds. The van der Waals surface area contributed by atoms with Crippen LogP contribution in [0.25, 0.3) is 0 Å². The molecule has 1 unspecified atom stereocenters. The second kappa shape index (κ2) is 5.60. The molecule has 2 aliphatic heterocycles. The number of anilines is 1. The second-order valence-corrected chi connectivity index (χ2v) is 6.67. The molecular formula is C17H23N2O2+. The van der Waals surface area contributed by atoms with Gasteiger partial charge < -0.3 is 4.90 Å². The fourth-order valence-electron chi connectivity index (χ4n) is 3.92. The minimum atomic E-state index is -0.192. The second-order valence-electron chi connectivity index (χ2n) is 6.67. The van der Waals surface area contributed by atoms with Crippen molar-refractivity contribution in [1.29, 1.82) is 0 Å². The molecule has 0 aliphatic carbocycles. The van der Waals surface area contributed by atoms with Crippen LogP contribution in [-0.2, 0) is 9.59 Å². The normalized spacial score (nSPS) is 33.5. The zero-order valence-electron chi connectivity index (χ0n) is 12.7. The van der Waals surface area contributed by atoms with E-state index < -0.39 is 0 Å². The quantitative estimate of drug-likeness (QED) is 0.821. The molecule has 0 spiro atoms. The Balaban J connectivity index is 1.80. The van der Waals surface area contributed by atoms with Crippen LogP contribution in [0.15, 0.2) is 30.3 Å². The van der Waals surface area contributed by atoms with E-state index in [0.717, 1.165) is 13.1 Å². The molecular weight excluding hydrogens is 264 g/mol. The molecule has 112 valence electrons. The fourth-order valence-corrected chi connectivity index (χ4v) is 3.92. The molecule has 21 heavy (non-hydrogen) atoms. The standard InChI is InChI=1S/C17H22N2O2/c1-12-8-13(2)11-18(10-12)15-9-16(20)19(17(15)21)14-6-4-3-5-7-14/h3-7,12-13,15H,8-11H2,1-2H3/p+1/t12-,13+,15-/m1/s1. The van der Waals surface area contributed by atoms with Crippen LogP contribution in [0.5, 0.6) is 0 Å². The third-order valence-corrected chi connectivity index (χ3v) is 4.68. The van der Waals surface area contributed by atoms with Crippen molar-refractivity contribution in [2.24, 2.45) is 11.8 Å². The molecule has 0 bridgehead atoms. The van der Waals surface area contributed by atoms with Gasteiger partial charge >= 0.3 is 0 Å². The van der Waals surface area contributed by atoms with Crippen molar-refractivity contribution in [3.05, 3.63) is 30.3 Å². The zero-order chi connectivity index (χ0) is 15.0. The van der Waals surface area contributed by atoms with Crippen molar-refractivity contribution in [3.63, 3.8) is 0 Å². The lowest BCUT2D eigenvalue weighted by Crippen LogP contribution is -3.18. The molecule has 0 aromatic heterocycles. The average Bonchev–Trinajstić information content (AvgIpc) is 2.74. The van der Waals surface area contributed by atoms with E-state index in [-0.39, 0.29) is 17.9 Å². The molecule has 3 rings (SSSR count). The summed E-state index contributed by atoms with van der Waals surface area (Å²) in [4.78, 5) is 27.7. The number of nitrogens with one attached hydrogen (secondary N) is 1. The Morgan fingerprint density at radius 2 is 1.67 bits per heavy atom. The molecule has 1 aromatic rings. The molecule has 2 fully saturated rings. The van der Waals surface area contributed by atoms with Crippen LogP contribution in [0.3, 0.4) is 0 Å². The lowest BCUT2D eigenvalue weighted by atomic mass is 9.90. The molecule has 1 aromatic carbocycles. The van der Waals surface area contributed by atoms with Crippen molar-refractivity contribution in [1.82, 2.24) is 0 Å². The molecule has 2 aliphatic rings. The number of carbonyl (C=O) groups excluding carboxylic acids is 2. The monoisotopic (exact) mass is 287 g/mol. The molecule has 4 heteroatoms. The number of hydrogen-bond acceptors (Lipinski definition) is 2. The van der Waals surface area contributed by atoms with Crippen LogP contribution in [0.2, 0.25) is 0 Å². The molecule has 4 nitrogen and oxygen atoms in total. The smallest absolute Gasteiger partial charge is 0.292 e.